The van der Waals surface area contributed by atoms with Gasteiger partial charge in [-0.25, -0.2) is 0 Å². The van der Waals surface area contributed by atoms with Gasteiger partial charge in [-0.2, -0.15) is 0 Å². The summed E-state index contributed by atoms with van der Waals surface area (Å²) in [5.41, 5.74) is 0.351. The van der Waals surface area contributed by atoms with Gasteiger partial charge in [0.1, 0.15) is 5.69 Å². The fourth-order valence-electron chi connectivity index (χ4n) is 2.55. The summed E-state index contributed by atoms with van der Waals surface area (Å²) >= 11 is 11.8. The first kappa shape index (κ1) is 15.9. The molecule has 0 aliphatic carbocycles. The SMILES string of the molecule is O=C(O)CC1CCN(c2cc(Cl)c(Cl)cc2[N+](=O)[O-])CC1. The number of nitrogens with zero attached hydrogens (tertiary/aromatic N) is 2. The molecule has 1 aromatic carbocycles. The van der Waals surface area contributed by atoms with Crippen LogP contribution in [0.1, 0.15) is 19.3 Å². The van der Waals surface area contributed by atoms with Crippen LogP contribution in [0.2, 0.25) is 10.0 Å². The van der Waals surface area contributed by atoms with E-state index in [4.69, 9.17) is 28.3 Å². The first-order chi connectivity index (χ1) is 9.88. The molecule has 1 heterocycles. The molecular formula is C13H14Cl2N2O4. The normalized spacial score (nSPS) is 16.0. The Morgan fingerprint density at radius 3 is 2.43 bits per heavy atom. The van der Waals surface area contributed by atoms with E-state index in [9.17, 15) is 14.9 Å². The lowest BCUT2D eigenvalue weighted by atomic mass is 9.93. The molecule has 0 unspecified atom stereocenters. The Morgan fingerprint density at radius 1 is 1.33 bits per heavy atom. The van der Waals surface area contributed by atoms with Crippen molar-refractivity contribution < 1.29 is 14.8 Å². The highest BCUT2D eigenvalue weighted by Crippen LogP contribution is 2.38. The van der Waals surface area contributed by atoms with Gasteiger partial charge in [0.2, 0.25) is 0 Å². The van der Waals surface area contributed by atoms with E-state index in [0.717, 1.165) is 0 Å². The Labute approximate surface area is 131 Å². The van der Waals surface area contributed by atoms with E-state index in [0.29, 0.717) is 31.6 Å². The number of hydrogen-bond donors (Lipinski definition) is 1. The summed E-state index contributed by atoms with van der Waals surface area (Å²) in [4.78, 5) is 23.2. The second-order valence-corrected chi connectivity index (χ2v) is 5.85. The highest BCUT2D eigenvalue weighted by Gasteiger charge is 2.27. The largest absolute Gasteiger partial charge is 0.481 e. The fourth-order valence-corrected chi connectivity index (χ4v) is 2.87. The Bertz CT molecular complexity index is 572. The molecular weight excluding hydrogens is 319 g/mol. The van der Waals surface area contributed by atoms with E-state index >= 15 is 0 Å². The molecule has 6 nitrogen and oxygen atoms in total. The molecule has 1 fully saturated rings. The van der Waals surface area contributed by atoms with Crippen molar-refractivity contribution in [3.8, 4) is 0 Å². The van der Waals surface area contributed by atoms with Crippen LogP contribution in [0.4, 0.5) is 11.4 Å². The van der Waals surface area contributed by atoms with E-state index in [1.807, 2.05) is 4.90 Å². The van der Waals surface area contributed by atoms with E-state index in [1.54, 1.807) is 0 Å². The first-order valence-corrected chi connectivity index (χ1v) is 7.24. The average Bonchev–Trinajstić information content (AvgIpc) is 2.41. The number of nitro groups is 1. The average molecular weight is 333 g/mol. The Morgan fingerprint density at radius 2 is 1.90 bits per heavy atom. The van der Waals surface area contributed by atoms with Crippen molar-refractivity contribution in [1.29, 1.82) is 0 Å². The quantitative estimate of drug-likeness (QED) is 0.672. The minimum absolute atomic E-state index is 0.0823. The molecule has 0 radical (unpaired) electrons. The number of nitro benzene ring substituents is 1. The van der Waals surface area contributed by atoms with Crippen LogP contribution in [-0.4, -0.2) is 29.1 Å². The van der Waals surface area contributed by atoms with Gasteiger partial charge in [0.15, 0.2) is 0 Å². The van der Waals surface area contributed by atoms with Gasteiger partial charge in [-0.3, -0.25) is 14.9 Å². The lowest BCUT2D eigenvalue weighted by Crippen LogP contribution is -2.34. The lowest BCUT2D eigenvalue weighted by Gasteiger charge is -2.32. The molecule has 2 rings (SSSR count). The number of hydrogen-bond acceptors (Lipinski definition) is 4. The number of carboxylic acids is 1. The van der Waals surface area contributed by atoms with Gasteiger partial charge < -0.3 is 10.0 Å². The summed E-state index contributed by atoms with van der Waals surface area (Å²) in [6.45, 7) is 1.13. The van der Waals surface area contributed by atoms with Crippen molar-refractivity contribution in [3.63, 3.8) is 0 Å². The molecule has 0 amide bonds. The van der Waals surface area contributed by atoms with Crippen LogP contribution < -0.4 is 4.90 Å². The number of aliphatic carboxylic acids is 1. The van der Waals surface area contributed by atoms with Crippen LogP contribution in [0, 0.1) is 16.0 Å². The summed E-state index contributed by atoms with van der Waals surface area (Å²) in [6, 6.07) is 2.75. The van der Waals surface area contributed by atoms with Crippen molar-refractivity contribution in [2.75, 3.05) is 18.0 Å². The molecule has 1 aliphatic heterocycles. The van der Waals surface area contributed by atoms with Gasteiger partial charge in [0, 0.05) is 25.6 Å². The zero-order valence-electron chi connectivity index (χ0n) is 11.1. The number of halogens is 2. The number of carbonyl (C=O) groups is 1. The Kier molecular flexibility index (Phi) is 4.90. The molecule has 1 aliphatic rings. The molecule has 1 N–H and O–H groups in total. The predicted octanol–water partition coefficient (Wildman–Crippen LogP) is 3.59. The van der Waals surface area contributed by atoms with Crippen molar-refractivity contribution in [2.24, 2.45) is 5.92 Å². The van der Waals surface area contributed by atoms with E-state index < -0.39 is 10.9 Å². The minimum atomic E-state index is -0.811. The van der Waals surface area contributed by atoms with E-state index in [1.165, 1.54) is 12.1 Å². The fraction of sp³-hybridized carbons (Fsp3) is 0.462. The number of anilines is 1. The maximum Gasteiger partial charge on any atom is 0.303 e. The summed E-state index contributed by atoms with van der Waals surface area (Å²) in [5, 5.41) is 20.3. The third-order valence-corrected chi connectivity index (χ3v) is 4.35. The van der Waals surface area contributed by atoms with E-state index in [2.05, 4.69) is 0 Å². The second kappa shape index (κ2) is 6.49. The molecule has 1 aromatic rings. The summed E-state index contributed by atoms with van der Waals surface area (Å²) in [5.74, 6) is -0.699. The molecule has 21 heavy (non-hydrogen) atoms. The summed E-state index contributed by atoms with van der Waals surface area (Å²) < 4.78 is 0. The molecule has 1 saturated heterocycles. The third kappa shape index (κ3) is 3.77. The number of benzene rings is 1. The first-order valence-electron chi connectivity index (χ1n) is 6.48. The maximum absolute atomic E-state index is 11.1. The Hall–Kier alpha value is -1.53. The van der Waals surface area contributed by atoms with Crippen LogP contribution in [-0.2, 0) is 4.79 Å². The zero-order chi connectivity index (χ0) is 15.6. The molecule has 0 spiro atoms. The highest BCUT2D eigenvalue weighted by atomic mass is 35.5. The van der Waals surface area contributed by atoms with Gasteiger partial charge in [-0.15, -0.1) is 0 Å². The van der Waals surface area contributed by atoms with Crippen molar-refractivity contribution in [3.05, 3.63) is 32.3 Å². The summed E-state index contributed by atoms with van der Waals surface area (Å²) in [7, 11) is 0. The predicted molar refractivity (Wildman–Crippen MR) is 80.3 cm³/mol. The van der Waals surface area contributed by atoms with Crippen molar-refractivity contribution in [2.45, 2.75) is 19.3 Å². The highest BCUT2D eigenvalue weighted by molar-refractivity contribution is 6.42. The van der Waals surface area contributed by atoms with Crippen molar-refractivity contribution >= 4 is 40.5 Å². The monoisotopic (exact) mass is 332 g/mol. The standard InChI is InChI=1S/C13H14Cl2N2O4/c14-9-6-11(12(17(20)21)7-10(9)15)16-3-1-8(2-4-16)5-13(18)19/h6-8H,1-5H2,(H,18,19). The van der Waals surface area contributed by atoms with Crippen LogP contribution in [0.15, 0.2) is 12.1 Å². The second-order valence-electron chi connectivity index (χ2n) is 5.04. The molecule has 0 bridgehead atoms. The van der Waals surface area contributed by atoms with Crippen LogP contribution >= 0.6 is 23.2 Å². The van der Waals surface area contributed by atoms with Crippen LogP contribution in [0.25, 0.3) is 0 Å². The van der Waals surface area contributed by atoms with E-state index in [-0.39, 0.29) is 28.1 Å². The smallest absolute Gasteiger partial charge is 0.303 e. The van der Waals surface area contributed by atoms with Crippen LogP contribution in [0.3, 0.4) is 0 Å². The molecule has 0 aromatic heterocycles. The lowest BCUT2D eigenvalue weighted by molar-refractivity contribution is -0.384. The molecule has 114 valence electrons. The number of piperidine rings is 1. The van der Waals surface area contributed by atoms with Crippen LogP contribution in [0.5, 0.6) is 0 Å². The van der Waals surface area contributed by atoms with Gasteiger partial charge in [0.05, 0.1) is 15.0 Å². The minimum Gasteiger partial charge on any atom is -0.481 e. The maximum atomic E-state index is 11.1. The number of rotatable bonds is 4. The zero-order valence-corrected chi connectivity index (χ0v) is 12.6. The van der Waals surface area contributed by atoms with Crippen molar-refractivity contribution in [1.82, 2.24) is 0 Å². The third-order valence-electron chi connectivity index (χ3n) is 3.63. The molecule has 0 atom stereocenters. The van der Waals surface area contributed by atoms with Gasteiger partial charge >= 0.3 is 5.97 Å². The summed E-state index contributed by atoms with van der Waals surface area (Å²) in [6.07, 6.45) is 1.50. The molecule has 0 saturated carbocycles. The molecule has 8 heteroatoms. The van der Waals surface area contributed by atoms with Gasteiger partial charge in [-0.05, 0) is 24.8 Å². The topological polar surface area (TPSA) is 83.7 Å². The van der Waals surface area contributed by atoms with Gasteiger partial charge in [0.25, 0.3) is 5.69 Å². The Balaban J connectivity index is 2.18. The van der Waals surface area contributed by atoms with Gasteiger partial charge in [-0.1, -0.05) is 23.2 Å². The number of carboxylic acid groups (broad SMARTS) is 1.